The summed E-state index contributed by atoms with van der Waals surface area (Å²) in [6.07, 6.45) is -1.80. The molecule has 0 radical (unpaired) electrons. The number of pyridine rings is 1. The predicted molar refractivity (Wildman–Crippen MR) is 94.5 cm³/mol. The largest absolute Gasteiger partial charge is 0.416 e. The molecule has 0 atom stereocenters. The molecular weight excluding hydrogens is 343 g/mol. The molecular formula is C18H16F3N5. The van der Waals surface area contributed by atoms with Crippen LogP contribution in [0.25, 0.3) is 22.1 Å². The Kier molecular flexibility index (Phi) is 3.64. The van der Waals surface area contributed by atoms with Crippen LogP contribution in [0.5, 0.6) is 0 Å². The van der Waals surface area contributed by atoms with Crippen molar-refractivity contribution in [1.82, 2.24) is 19.5 Å². The second-order valence-corrected chi connectivity index (χ2v) is 6.08. The molecule has 1 aromatic carbocycles. The van der Waals surface area contributed by atoms with Gasteiger partial charge in [0, 0.05) is 18.9 Å². The van der Waals surface area contributed by atoms with Crippen LogP contribution in [0.1, 0.15) is 18.2 Å². The third-order valence-corrected chi connectivity index (χ3v) is 4.40. The van der Waals surface area contributed by atoms with Gasteiger partial charge in [0.2, 0.25) is 5.95 Å². The number of aryl methyl sites for hydroxylation is 2. The van der Waals surface area contributed by atoms with Gasteiger partial charge >= 0.3 is 6.18 Å². The first-order valence-electron chi connectivity index (χ1n) is 8.14. The Labute approximate surface area is 146 Å². The molecule has 26 heavy (non-hydrogen) atoms. The molecule has 8 heteroatoms. The van der Waals surface area contributed by atoms with E-state index in [1.807, 2.05) is 19.1 Å². The van der Waals surface area contributed by atoms with E-state index < -0.39 is 11.7 Å². The first-order valence-corrected chi connectivity index (χ1v) is 8.14. The molecule has 4 rings (SSSR count). The highest BCUT2D eigenvalue weighted by atomic mass is 19.4. The van der Waals surface area contributed by atoms with Crippen molar-refractivity contribution in [1.29, 1.82) is 0 Å². The normalized spacial score (nSPS) is 12.2. The summed E-state index contributed by atoms with van der Waals surface area (Å²) in [6, 6.07) is 7.46. The van der Waals surface area contributed by atoms with Crippen LogP contribution >= 0.6 is 0 Å². The Morgan fingerprint density at radius 3 is 2.69 bits per heavy atom. The number of halogens is 3. The maximum atomic E-state index is 12.9. The second kappa shape index (κ2) is 5.76. The number of alkyl halides is 3. The summed E-state index contributed by atoms with van der Waals surface area (Å²) in [5.41, 5.74) is 3.52. The summed E-state index contributed by atoms with van der Waals surface area (Å²) in [5, 5.41) is 3.17. The zero-order valence-corrected chi connectivity index (χ0v) is 14.1. The monoisotopic (exact) mass is 359 g/mol. The fourth-order valence-corrected chi connectivity index (χ4v) is 2.94. The molecule has 4 aromatic rings. The van der Waals surface area contributed by atoms with Gasteiger partial charge in [-0.1, -0.05) is 6.92 Å². The van der Waals surface area contributed by atoms with Crippen LogP contribution in [-0.2, 0) is 19.6 Å². The number of hydrogen-bond donors (Lipinski definition) is 2. The molecule has 0 bridgehead atoms. The SMILES string of the molecule is CCc1ccc2[nH]cc(Nc3nc4cc(C(F)(F)F)ccc4n3C)c2n1. The first-order chi connectivity index (χ1) is 12.4. The van der Waals surface area contributed by atoms with E-state index in [0.717, 1.165) is 41.0 Å². The van der Waals surface area contributed by atoms with Crippen LogP contribution < -0.4 is 5.32 Å². The van der Waals surface area contributed by atoms with Crippen molar-refractivity contribution >= 4 is 33.7 Å². The molecule has 0 amide bonds. The van der Waals surface area contributed by atoms with E-state index >= 15 is 0 Å². The lowest BCUT2D eigenvalue weighted by Gasteiger charge is -2.06. The van der Waals surface area contributed by atoms with E-state index in [9.17, 15) is 13.2 Å². The fraction of sp³-hybridized carbons (Fsp3) is 0.222. The topological polar surface area (TPSA) is 58.5 Å². The molecule has 0 aliphatic carbocycles. The second-order valence-electron chi connectivity index (χ2n) is 6.08. The molecule has 0 unspecified atom stereocenters. The van der Waals surface area contributed by atoms with Gasteiger partial charge in [0.05, 0.1) is 27.8 Å². The van der Waals surface area contributed by atoms with Crippen LogP contribution in [0, 0.1) is 0 Å². The van der Waals surface area contributed by atoms with Crippen LogP contribution in [0.2, 0.25) is 0 Å². The Morgan fingerprint density at radius 2 is 1.96 bits per heavy atom. The molecule has 0 fully saturated rings. The third kappa shape index (κ3) is 2.67. The molecule has 0 saturated heterocycles. The summed E-state index contributed by atoms with van der Waals surface area (Å²) < 4.78 is 40.5. The highest BCUT2D eigenvalue weighted by Gasteiger charge is 2.31. The van der Waals surface area contributed by atoms with Gasteiger partial charge in [0.15, 0.2) is 0 Å². The molecule has 0 saturated carbocycles. The van der Waals surface area contributed by atoms with Crippen LogP contribution in [0.4, 0.5) is 24.8 Å². The van der Waals surface area contributed by atoms with Gasteiger partial charge in [-0.2, -0.15) is 13.2 Å². The summed E-state index contributed by atoms with van der Waals surface area (Å²) in [5.74, 6) is 0.448. The number of hydrogen-bond acceptors (Lipinski definition) is 3. The number of rotatable bonds is 3. The highest BCUT2D eigenvalue weighted by Crippen LogP contribution is 2.32. The maximum absolute atomic E-state index is 12.9. The van der Waals surface area contributed by atoms with Gasteiger partial charge in [-0.25, -0.2) is 9.97 Å². The lowest BCUT2D eigenvalue weighted by molar-refractivity contribution is -0.137. The molecule has 3 heterocycles. The van der Waals surface area contributed by atoms with E-state index in [4.69, 9.17) is 0 Å². The summed E-state index contributed by atoms with van der Waals surface area (Å²) in [4.78, 5) is 12.1. The van der Waals surface area contributed by atoms with Gasteiger partial charge in [0.25, 0.3) is 0 Å². The van der Waals surface area contributed by atoms with E-state index in [1.165, 1.54) is 6.07 Å². The molecule has 3 aromatic heterocycles. The van der Waals surface area contributed by atoms with Crippen molar-refractivity contribution in [2.45, 2.75) is 19.5 Å². The van der Waals surface area contributed by atoms with Crippen molar-refractivity contribution in [3.63, 3.8) is 0 Å². The average Bonchev–Trinajstić information content (AvgIpc) is 3.15. The van der Waals surface area contributed by atoms with Gasteiger partial charge in [0.1, 0.15) is 5.52 Å². The smallest absolute Gasteiger partial charge is 0.358 e. The number of aromatic nitrogens is 4. The van der Waals surface area contributed by atoms with Crippen molar-refractivity contribution in [2.24, 2.45) is 7.05 Å². The molecule has 134 valence electrons. The van der Waals surface area contributed by atoms with Crippen molar-refractivity contribution in [3.8, 4) is 0 Å². The number of imidazole rings is 1. The van der Waals surface area contributed by atoms with Gasteiger partial charge in [-0.05, 0) is 36.8 Å². The standard InChI is InChI=1S/C18H16F3N5/c1-3-11-5-6-12-16(23-11)14(9-22-12)25-17-24-13-8-10(18(19,20)21)4-7-15(13)26(17)2/h4-9,22H,3H2,1-2H3,(H,24,25). The van der Waals surface area contributed by atoms with Crippen molar-refractivity contribution < 1.29 is 13.2 Å². The number of anilines is 2. The van der Waals surface area contributed by atoms with Crippen molar-refractivity contribution in [2.75, 3.05) is 5.32 Å². The Hall–Kier alpha value is -3.03. The van der Waals surface area contributed by atoms with E-state index in [0.29, 0.717) is 11.5 Å². The maximum Gasteiger partial charge on any atom is 0.416 e. The third-order valence-electron chi connectivity index (χ3n) is 4.40. The number of fused-ring (bicyclic) bond motifs is 2. The Bertz CT molecular complexity index is 1110. The zero-order valence-electron chi connectivity index (χ0n) is 14.1. The van der Waals surface area contributed by atoms with Crippen LogP contribution in [-0.4, -0.2) is 19.5 Å². The van der Waals surface area contributed by atoms with E-state index in [2.05, 4.69) is 20.3 Å². The average molecular weight is 359 g/mol. The highest BCUT2D eigenvalue weighted by molar-refractivity contribution is 5.91. The van der Waals surface area contributed by atoms with Gasteiger partial charge in [-0.3, -0.25) is 0 Å². The van der Waals surface area contributed by atoms with Crippen molar-refractivity contribution in [3.05, 3.63) is 47.8 Å². The lowest BCUT2D eigenvalue weighted by atomic mass is 10.2. The minimum atomic E-state index is -4.39. The molecule has 0 spiro atoms. The van der Waals surface area contributed by atoms with E-state index in [1.54, 1.807) is 17.8 Å². The molecule has 5 nitrogen and oxygen atoms in total. The minimum absolute atomic E-state index is 0.284. The summed E-state index contributed by atoms with van der Waals surface area (Å²) in [6.45, 7) is 2.03. The van der Waals surface area contributed by atoms with Gasteiger partial charge < -0.3 is 14.9 Å². The summed E-state index contributed by atoms with van der Waals surface area (Å²) in [7, 11) is 1.75. The predicted octanol–water partition coefficient (Wildman–Crippen LogP) is 4.77. The number of H-pyrrole nitrogens is 1. The molecule has 0 aliphatic heterocycles. The zero-order chi connectivity index (χ0) is 18.5. The number of nitrogens with zero attached hydrogens (tertiary/aromatic N) is 3. The fourth-order valence-electron chi connectivity index (χ4n) is 2.94. The summed E-state index contributed by atoms with van der Waals surface area (Å²) >= 11 is 0. The van der Waals surface area contributed by atoms with Gasteiger partial charge in [-0.15, -0.1) is 0 Å². The first kappa shape index (κ1) is 16.4. The Balaban J connectivity index is 1.77. The molecule has 2 N–H and O–H groups in total. The number of nitrogens with one attached hydrogen (secondary N) is 2. The lowest BCUT2D eigenvalue weighted by Crippen LogP contribution is -2.04. The van der Waals surface area contributed by atoms with E-state index in [-0.39, 0.29) is 5.52 Å². The quantitative estimate of drug-likeness (QED) is 0.554. The van der Waals surface area contributed by atoms with Crippen LogP contribution in [0.15, 0.2) is 36.5 Å². The molecule has 0 aliphatic rings. The number of benzene rings is 1. The minimum Gasteiger partial charge on any atom is -0.358 e. The van der Waals surface area contributed by atoms with Crippen LogP contribution in [0.3, 0.4) is 0 Å². The Morgan fingerprint density at radius 1 is 1.15 bits per heavy atom. The number of aromatic amines is 1.